The van der Waals surface area contributed by atoms with Gasteiger partial charge in [0.05, 0.1) is 55.1 Å². The van der Waals surface area contributed by atoms with E-state index in [0.29, 0.717) is 44.5 Å². The molecule has 54 heavy (non-hydrogen) atoms. The monoisotopic (exact) mass is 762 g/mol. The predicted octanol–water partition coefficient (Wildman–Crippen LogP) is 2.19. The summed E-state index contributed by atoms with van der Waals surface area (Å²) in [7, 11) is 0. The first-order valence-electron chi connectivity index (χ1n) is 19.7. The summed E-state index contributed by atoms with van der Waals surface area (Å²) in [5.74, 6) is -5.83. The van der Waals surface area contributed by atoms with Gasteiger partial charge in [0.2, 0.25) is 0 Å². The number of hydrogen-bond acceptors (Lipinski definition) is 16. The summed E-state index contributed by atoms with van der Waals surface area (Å²) in [6, 6.07) is -0.203. The zero-order valence-electron chi connectivity index (χ0n) is 30.8. The lowest BCUT2D eigenvalue weighted by atomic mass is 9.79. The van der Waals surface area contributed by atoms with Crippen molar-refractivity contribution in [1.82, 2.24) is 31.5 Å². The lowest BCUT2D eigenvalue weighted by Crippen LogP contribution is -2.79. The summed E-state index contributed by atoms with van der Waals surface area (Å²) in [6.07, 6.45) is 8.06. The molecular formula is C35H58N10O9. The quantitative estimate of drug-likeness (QED) is 0.101. The van der Waals surface area contributed by atoms with Crippen molar-refractivity contribution in [3.05, 3.63) is 11.5 Å². The van der Waals surface area contributed by atoms with E-state index in [9.17, 15) is 39.9 Å². The Hall–Kier alpha value is -3.33. The Kier molecular flexibility index (Phi) is 14.2. The molecule has 6 fully saturated rings. The number of nitrogens with zero attached hydrogens (tertiary/aromatic N) is 5. The fourth-order valence-corrected chi connectivity index (χ4v) is 8.84. The first kappa shape index (κ1) is 40.3. The topological polar surface area (TPSA) is 274 Å². The van der Waals surface area contributed by atoms with Crippen LogP contribution in [-0.2, 0) is 19.1 Å². The lowest BCUT2D eigenvalue weighted by molar-refractivity contribution is -0.148. The molecule has 302 valence electrons. The molecule has 0 radical (unpaired) electrons. The number of hydrogen-bond donors (Lipinski definition) is 10. The molecule has 19 heteroatoms. The van der Waals surface area contributed by atoms with Crippen LogP contribution < -0.4 is 26.6 Å². The van der Waals surface area contributed by atoms with Gasteiger partial charge in [-0.1, -0.05) is 0 Å². The van der Waals surface area contributed by atoms with Crippen LogP contribution in [0.15, 0.2) is 32.0 Å². The Balaban J connectivity index is 0.975. The van der Waals surface area contributed by atoms with Gasteiger partial charge in [0, 0.05) is 30.7 Å². The largest absolute Gasteiger partial charge is 0.481 e. The third kappa shape index (κ3) is 11.4. The van der Waals surface area contributed by atoms with Gasteiger partial charge in [-0.2, -0.15) is 20.5 Å². The zero-order valence-corrected chi connectivity index (χ0v) is 30.8. The van der Waals surface area contributed by atoms with Crippen molar-refractivity contribution in [2.75, 3.05) is 26.3 Å². The van der Waals surface area contributed by atoms with Crippen LogP contribution in [0.1, 0.15) is 89.9 Å². The number of rotatable bonds is 12. The van der Waals surface area contributed by atoms with E-state index in [1.165, 1.54) is 0 Å². The molecule has 6 rings (SSSR count). The second kappa shape index (κ2) is 19.0. The summed E-state index contributed by atoms with van der Waals surface area (Å²) >= 11 is 0. The fourth-order valence-electron chi connectivity index (χ4n) is 8.84. The highest BCUT2D eigenvalue weighted by Gasteiger charge is 2.38. The van der Waals surface area contributed by atoms with E-state index in [0.717, 1.165) is 64.5 Å². The molecule has 7 unspecified atom stereocenters. The van der Waals surface area contributed by atoms with Gasteiger partial charge in [0.15, 0.2) is 0 Å². The van der Waals surface area contributed by atoms with Gasteiger partial charge in [-0.3, -0.25) is 45.9 Å². The Morgan fingerprint density at radius 3 is 1.52 bits per heavy atom. The standard InChI is InChI=1S/C35H58N10O9/c46-29(47)19-13-20(30(48)49)16-27(15-19)43-41-25-5-1-23(2-6-25)36-33-38-34(40-35(39-33)45-9-11-54-12-10-45)37-24-3-7-26(8-4-24)42-44-28-17-21(31(50)51)14-22(18-28)32(52)53/h19-21,23-28,33-40,52-53H,1-18H2,(H,46,47)(H,48,49)(H,50,51). The first-order chi connectivity index (χ1) is 26.0. The molecule has 4 saturated carbocycles. The van der Waals surface area contributed by atoms with E-state index in [1.807, 2.05) is 0 Å². The number of aliphatic hydroxyl groups is 2. The molecule has 19 nitrogen and oxygen atoms in total. The minimum absolute atomic E-state index is 0.0308. The lowest BCUT2D eigenvalue weighted by Gasteiger charge is -2.47. The Morgan fingerprint density at radius 1 is 0.574 bits per heavy atom. The summed E-state index contributed by atoms with van der Waals surface area (Å²) in [5.41, 5.74) is 0.317. The van der Waals surface area contributed by atoms with Crippen LogP contribution in [0.2, 0.25) is 0 Å². The number of carbonyl (C=O) groups is 3. The minimum atomic E-state index is -0.971. The molecule has 0 amide bonds. The Bertz CT molecular complexity index is 1350. The molecule has 2 aliphatic heterocycles. The van der Waals surface area contributed by atoms with Crippen molar-refractivity contribution in [3.63, 3.8) is 0 Å². The number of nitrogens with one attached hydrogen (secondary N) is 5. The fraction of sp³-hybridized carbons (Fsp3) is 0.857. The van der Waals surface area contributed by atoms with Gasteiger partial charge in [-0.15, -0.1) is 0 Å². The maximum absolute atomic E-state index is 11.6. The van der Waals surface area contributed by atoms with Gasteiger partial charge in [-0.05, 0) is 89.9 Å². The van der Waals surface area contributed by atoms with Crippen molar-refractivity contribution >= 4 is 17.9 Å². The number of morpholine rings is 1. The van der Waals surface area contributed by atoms with Gasteiger partial charge in [0.25, 0.3) is 5.95 Å². The number of azo groups is 2. The van der Waals surface area contributed by atoms with Crippen LogP contribution in [0.5, 0.6) is 0 Å². The summed E-state index contributed by atoms with van der Waals surface area (Å²) < 4.78 is 5.61. The van der Waals surface area contributed by atoms with Gasteiger partial charge in [-0.25, -0.2) is 0 Å². The van der Waals surface area contributed by atoms with Crippen molar-refractivity contribution in [1.29, 1.82) is 0 Å². The van der Waals surface area contributed by atoms with E-state index < -0.39 is 41.6 Å². The summed E-state index contributed by atoms with van der Waals surface area (Å²) in [4.78, 5) is 37.1. The van der Waals surface area contributed by atoms with Gasteiger partial charge in [0.1, 0.15) is 18.9 Å². The van der Waals surface area contributed by atoms with Crippen LogP contribution in [0.3, 0.4) is 0 Å². The van der Waals surface area contributed by atoms with E-state index in [-0.39, 0.29) is 68.0 Å². The molecule has 0 aromatic carbocycles. The molecule has 7 atom stereocenters. The van der Waals surface area contributed by atoms with Crippen LogP contribution in [0.4, 0.5) is 0 Å². The predicted molar refractivity (Wildman–Crippen MR) is 192 cm³/mol. The highest BCUT2D eigenvalue weighted by molar-refractivity contribution is 5.74. The van der Waals surface area contributed by atoms with Crippen molar-refractivity contribution in [2.45, 2.75) is 145 Å². The Morgan fingerprint density at radius 2 is 1.04 bits per heavy atom. The number of carboxylic acid groups (broad SMARTS) is 3. The smallest absolute Gasteiger partial charge is 0.306 e. The third-order valence-electron chi connectivity index (χ3n) is 12.0. The van der Waals surface area contributed by atoms with Crippen molar-refractivity contribution in [2.24, 2.45) is 38.2 Å². The number of ether oxygens (including phenoxy) is 1. The van der Waals surface area contributed by atoms with E-state index >= 15 is 0 Å². The van der Waals surface area contributed by atoms with Gasteiger partial charge < -0.3 is 30.3 Å². The van der Waals surface area contributed by atoms with Crippen molar-refractivity contribution < 1.29 is 44.7 Å². The highest BCUT2D eigenvalue weighted by Crippen LogP contribution is 2.34. The maximum atomic E-state index is 11.6. The average molecular weight is 763 g/mol. The van der Waals surface area contributed by atoms with E-state index in [1.54, 1.807) is 0 Å². The summed E-state index contributed by atoms with van der Waals surface area (Å²) in [5, 5.41) is 84.3. The molecule has 10 N–H and O–H groups in total. The maximum Gasteiger partial charge on any atom is 0.306 e. The second-order valence-electron chi connectivity index (χ2n) is 15.9. The number of carboxylic acids is 3. The first-order valence-corrected chi connectivity index (χ1v) is 19.7. The third-order valence-corrected chi connectivity index (χ3v) is 12.0. The van der Waals surface area contributed by atoms with Crippen LogP contribution in [0, 0.1) is 17.8 Å². The molecule has 6 aliphatic rings. The molecule has 0 aromatic heterocycles. The van der Waals surface area contributed by atoms with E-state index in [2.05, 4.69) is 51.9 Å². The molecule has 2 saturated heterocycles. The highest BCUT2D eigenvalue weighted by atomic mass is 16.5. The van der Waals surface area contributed by atoms with Gasteiger partial charge >= 0.3 is 17.9 Å². The molecule has 4 aliphatic carbocycles. The molecule has 0 bridgehead atoms. The molecule has 2 heterocycles. The molecular weight excluding hydrogens is 704 g/mol. The number of aliphatic hydroxyl groups excluding tert-OH is 1. The van der Waals surface area contributed by atoms with Crippen molar-refractivity contribution in [3.8, 4) is 0 Å². The number of aliphatic carboxylic acids is 3. The van der Waals surface area contributed by atoms with E-state index in [4.69, 9.17) is 4.74 Å². The SMILES string of the molecule is O=C(O)C1CC(=C(O)O)CC(N=NC2CCC(NC3NC(NC4CCC(N=NC5CC(C(=O)O)CC(C(=O)O)C5)CC4)NC(N4CCOCC4)N3)CC2)C1. The summed E-state index contributed by atoms with van der Waals surface area (Å²) in [6.45, 7) is 2.96. The van der Waals surface area contributed by atoms with Crippen LogP contribution >= 0.6 is 0 Å². The molecule has 0 spiro atoms. The zero-order chi connectivity index (χ0) is 38.2. The Labute approximate surface area is 314 Å². The molecule has 0 aromatic rings. The normalized spacial score (nSPS) is 38.7. The second-order valence-corrected chi connectivity index (χ2v) is 15.9. The average Bonchev–Trinajstić information content (AvgIpc) is 3.17. The minimum Gasteiger partial charge on any atom is -0.481 e. The van der Waals surface area contributed by atoms with Crippen LogP contribution in [0.25, 0.3) is 0 Å². The van der Waals surface area contributed by atoms with Crippen LogP contribution in [-0.4, -0.2) is 130 Å².